The quantitative estimate of drug-likeness (QED) is 0.842. The van der Waals surface area contributed by atoms with Gasteiger partial charge in [0.25, 0.3) is 0 Å². The molecule has 0 radical (unpaired) electrons. The number of halogens is 1. The summed E-state index contributed by atoms with van der Waals surface area (Å²) in [6, 6.07) is 9.54. The second-order valence-electron chi connectivity index (χ2n) is 5.79. The van der Waals surface area contributed by atoms with Crippen molar-refractivity contribution in [3.63, 3.8) is 0 Å². The molecule has 1 nitrogen and oxygen atoms in total. The average molecular weight is 348 g/mol. The van der Waals surface area contributed by atoms with Crippen LogP contribution in [0.2, 0.25) is 0 Å². The predicted octanol–water partition coefficient (Wildman–Crippen LogP) is 4.78. The van der Waals surface area contributed by atoms with E-state index in [1.165, 1.54) is 52.6 Å². The van der Waals surface area contributed by atoms with Crippen molar-refractivity contribution < 1.29 is 0 Å². The molecule has 2 aliphatic carbocycles. The number of nitrogens with one attached hydrogen (secondary N) is 1. The van der Waals surface area contributed by atoms with E-state index in [-0.39, 0.29) is 0 Å². The molecular weight excluding hydrogens is 330 g/mol. The molecule has 2 aromatic rings. The van der Waals surface area contributed by atoms with Gasteiger partial charge in [0.05, 0.1) is 0 Å². The van der Waals surface area contributed by atoms with Gasteiger partial charge in [0.2, 0.25) is 0 Å². The monoisotopic (exact) mass is 347 g/mol. The number of rotatable bonds is 3. The average Bonchev–Trinajstić information content (AvgIpc) is 3.10. The molecule has 2 aliphatic rings. The van der Waals surface area contributed by atoms with Crippen LogP contribution >= 0.6 is 27.3 Å². The van der Waals surface area contributed by atoms with Gasteiger partial charge in [-0.2, -0.15) is 0 Å². The van der Waals surface area contributed by atoms with Crippen LogP contribution in [0, 0.1) is 0 Å². The Kier molecular flexibility index (Phi) is 3.45. The third-order valence-electron chi connectivity index (χ3n) is 4.53. The van der Waals surface area contributed by atoms with E-state index in [1.54, 1.807) is 10.4 Å². The summed E-state index contributed by atoms with van der Waals surface area (Å²) < 4.78 is 1.27. The highest BCUT2D eigenvalue weighted by atomic mass is 79.9. The van der Waals surface area contributed by atoms with Crippen LogP contribution < -0.4 is 5.32 Å². The minimum absolute atomic E-state index is 0.527. The van der Waals surface area contributed by atoms with Gasteiger partial charge in [0.1, 0.15) is 0 Å². The Balaban J connectivity index is 1.47. The Labute approximate surface area is 132 Å². The summed E-state index contributed by atoms with van der Waals surface area (Å²) in [7, 11) is 0. The van der Waals surface area contributed by atoms with Gasteiger partial charge in [0.15, 0.2) is 0 Å². The van der Waals surface area contributed by atoms with Crippen molar-refractivity contribution in [1.29, 1.82) is 0 Å². The SMILES string of the molecule is Brc1cccc2c1CCC2NCc1cc2c(s1)CCC2. The lowest BCUT2D eigenvalue weighted by Gasteiger charge is -2.13. The molecule has 1 atom stereocenters. The van der Waals surface area contributed by atoms with Gasteiger partial charge < -0.3 is 5.32 Å². The predicted molar refractivity (Wildman–Crippen MR) is 88.4 cm³/mol. The molecule has 1 unspecified atom stereocenters. The van der Waals surface area contributed by atoms with Gasteiger partial charge >= 0.3 is 0 Å². The summed E-state index contributed by atoms with van der Waals surface area (Å²) in [5, 5.41) is 3.76. The summed E-state index contributed by atoms with van der Waals surface area (Å²) in [6.07, 6.45) is 6.38. The molecule has 3 heteroatoms. The molecule has 20 heavy (non-hydrogen) atoms. The van der Waals surface area contributed by atoms with E-state index in [0.29, 0.717) is 6.04 Å². The lowest BCUT2D eigenvalue weighted by atomic mass is 10.1. The molecule has 0 fully saturated rings. The third-order valence-corrected chi connectivity index (χ3v) is 6.51. The Morgan fingerprint density at radius 2 is 2.20 bits per heavy atom. The van der Waals surface area contributed by atoms with E-state index < -0.39 is 0 Å². The van der Waals surface area contributed by atoms with Crippen LogP contribution in [0.15, 0.2) is 28.7 Å². The van der Waals surface area contributed by atoms with Crippen molar-refractivity contribution in [3.8, 4) is 0 Å². The molecule has 104 valence electrons. The van der Waals surface area contributed by atoms with E-state index in [2.05, 4.69) is 45.5 Å². The molecule has 0 saturated heterocycles. The van der Waals surface area contributed by atoms with Gasteiger partial charge in [-0.05, 0) is 60.9 Å². The molecule has 1 aromatic carbocycles. The molecule has 0 aliphatic heterocycles. The summed E-state index contributed by atoms with van der Waals surface area (Å²) in [4.78, 5) is 3.15. The summed E-state index contributed by atoms with van der Waals surface area (Å²) in [5.74, 6) is 0. The Morgan fingerprint density at radius 3 is 3.10 bits per heavy atom. The number of benzene rings is 1. The van der Waals surface area contributed by atoms with E-state index in [9.17, 15) is 0 Å². The number of thiophene rings is 1. The van der Waals surface area contributed by atoms with Gasteiger partial charge in [-0.3, -0.25) is 0 Å². The van der Waals surface area contributed by atoms with Gasteiger partial charge in [-0.1, -0.05) is 28.1 Å². The fourth-order valence-corrected chi connectivity index (χ4v) is 5.31. The van der Waals surface area contributed by atoms with Crippen LogP contribution in [-0.2, 0) is 25.8 Å². The first-order valence-electron chi connectivity index (χ1n) is 7.42. The van der Waals surface area contributed by atoms with Crippen LogP contribution in [0.5, 0.6) is 0 Å². The zero-order valence-electron chi connectivity index (χ0n) is 11.4. The summed E-state index contributed by atoms with van der Waals surface area (Å²) in [5.41, 5.74) is 4.60. The van der Waals surface area contributed by atoms with Crippen LogP contribution in [0.25, 0.3) is 0 Å². The van der Waals surface area contributed by atoms with Gasteiger partial charge in [0, 0.05) is 26.8 Å². The second kappa shape index (κ2) is 5.28. The molecule has 0 bridgehead atoms. The Hall–Kier alpha value is -0.640. The van der Waals surface area contributed by atoms with Crippen LogP contribution in [-0.4, -0.2) is 0 Å². The van der Waals surface area contributed by atoms with Gasteiger partial charge in [-0.15, -0.1) is 11.3 Å². The molecule has 4 rings (SSSR count). The van der Waals surface area contributed by atoms with Crippen molar-refractivity contribution in [2.45, 2.75) is 44.7 Å². The van der Waals surface area contributed by atoms with Crippen LogP contribution in [0.4, 0.5) is 0 Å². The molecule has 0 saturated carbocycles. The number of hydrogen-bond donors (Lipinski definition) is 1. The highest BCUT2D eigenvalue weighted by Gasteiger charge is 2.24. The Bertz CT molecular complexity index is 625. The second-order valence-corrected chi connectivity index (χ2v) is 7.87. The highest BCUT2D eigenvalue weighted by Crippen LogP contribution is 2.36. The Morgan fingerprint density at radius 1 is 1.25 bits per heavy atom. The lowest BCUT2D eigenvalue weighted by Crippen LogP contribution is -2.18. The van der Waals surface area contributed by atoms with E-state index in [0.717, 1.165) is 6.54 Å². The first-order valence-corrected chi connectivity index (χ1v) is 9.03. The number of fused-ring (bicyclic) bond motifs is 2. The largest absolute Gasteiger partial charge is 0.305 e. The maximum absolute atomic E-state index is 3.76. The molecule has 0 amide bonds. The number of hydrogen-bond acceptors (Lipinski definition) is 2. The lowest BCUT2D eigenvalue weighted by molar-refractivity contribution is 0.533. The third kappa shape index (κ3) is 2.26. The normalized spacial score (nSPS) is 20.1. The van der Waals surface area contributed by atoms with Crippen molar-refractivity contribution in [2.24, 2.45) is 0 Å². The topological polar surface area (TPSA) is 12.0 Å². The highest BCUT2D eigenvalue weighted by molar-refractivity contribution is 9.10. The molecular formula is C17H18BrNS. The number of aryl methyl sites for hydroxylation is 2. The zero-order valence-corrected chi connectivity index (χ0v) is 13.8. The first-order chi connectivity index (χ1) is 9.81. The molecule has 0 spiro atoms. The maximum Gasteiger partial charge on any atom is 0.0329 e. The van der Waals surface area contributed by atoms with E-state index >= 15 is 0 Å². The standard InChI is InChI=1S/C17H18BrNS/c18-15-5-2-4-14-13(15)7-8-16(14)19-10-12-9-11-3-1-6-17(11)20-12/h2,4-5,9,16,19H,1,3,6-8,10H2. The van der Waals surface area contributed by atoms with E-state index in [1.807, 2.05) is 11.3 Å². The molecule has 1 aromatic heterocycles. The molecule has 1 heterocycles. The maximum atomic E-state index is 3.76. The van der Waals surface area contributed by atoms with Gasteiger partial charge in [-0.25, -0.2) is 0 Å². The summed E-state index contributed by atoms with van der Waals surface area (Å²) >= 11 is 5.69. The minimum atomic E-state index is 0.527. The van der Waals surface area contributed by atoms with Crippen molar-refractivity contribution in [1.82, 2.24) is 5.32 Å². The van der Waals surface area contributed by atoms with E-state index in [4.69, 9.17) is 0 Å². The molecule has 1 N–H and O–H groups in total. The van der Waals surface area contributed by atoms with Crippen molar-refractivity contribution in [3.05, 3.63) is 55.2 Å². The van der Waals surface area contributed by atoms with Crippen LogP contribution in [0.3, 0.4) is 0 Å². The summed E-state index contributed by atoms with van der Waals surface area (Å²) in [6.45, 7) is 1.02. The smallest absolute Gasteiger partial charge is 0.0329 e. The van der Waals surface area contributed by atoms with Crippen molar-refractivity contribution >= 4 is 27.3 Å². The first kappa shape index (κ1) is 13.1. The van der Waals surface area contributed by atoms with Crippen LogP contribution in [0.1, 0.15) is 45.3 Å². The fraction of sp³-hybridized carbons (Fsp3) is 0.412. The zero-order chi connectivity index (χ0) is 13.5. The van der Waals surface area contributed by atoms with Crippen molar-refractivity contribution in [2.75, 3.05) is 0 Å². The minimum Gasteiger partial charge on any atom is -0.305 e. The fourth-order valence-electron chi connectivity index (χ4n) is 3.52.